The van der Waals surface area contributed by atoms with Gasteiger partial charge in [-0.3, -0.25) is 0 Å². The molecule has 1 atom stereocenters. The van der Waals surface area contributed by atoms with Gasteiger partial charge in [0.25, 0.3) is 0 Å². The van der Waals surface area contributed by atoms with Gasteiger partial charge in [0.15, 0.2) is 8.32 Å². The minimum atomic E-state index is -1.65. The van der Waals surface area contributed by atoms with Crippen LogP contribution < -0.4 is 0 Å². The summed E-state index contributed by atoms with van der Waals surface area (Å²) in [6.07, 6.45) is 4.77. The van der Waals surface area contributed by atoms with E-state index >= 15 is 0 Å². The van der Waals surface area contributed by atoms with E-state index in [1.165, 1.54) is 6.42 Å². The molecule has 1 rings (SSSR count). The molecule has 0 aromatic rings. The summed E-state index contributed by atoms with van der Waals surface area (Å²) in [6.45, 7) is 18.5. The van der Waals surface area contributed by atoms with Crippen LogP contribution in [0.15, 0.2) is 11.6 Å². The van der Waals surface area contributed by atoms with Crippen molar-refractivity contribution in [1.29, 1.82) is 0 Å². The summed E-state index contributed by atoms with van der Waals surface area (Å²) in [4.78, 5) is 0. The smallest absolute Gasteiger partial charge is 0.193 e. The van der Waals surface area contributed by atoms with E-state index in [9.17, 15) is 0 Å². The van der Waals surface area contributed by atoms with E-state index in [1.807, 2.05) is 0 Å². The van der Waals surface area contributed by atoms with Crippen LogP contribution in [0, 0.1) is 5.92 Å². The van der Waals surface area contributed by atoms with Crippen molar-refractivity contribution in [2.45, 2.75) is 78.1 Å². The van der Waals surface area contributed by atoms with E-state index in [2.05, 4.69) is 60.7 Å². The Morgan fingerprint density at radius 2 is 1.82 bits per heavy atom. The highest BCUT2D eigenvalue weighted by Crippen LogP contribution is 2.43. The van der Waals surface area contributed by atoms with Gasteiger partial charge in [0, 0.05) is 0 Å². The maximum Gasteiger partial charge on any atom is 0.193 e. The molecule has 0 fully saturated rings. The highest BCUT2D eigenvalue weighted by atomic mass is 28.4. The molecule has 0 unspecified atom stereocenters. The molecule has 0 radical (unpaired) electrons. The average molecular weight is 254 g/mol. The normalized spacial score (nSPS) is 26.5. The third-order valence-electron chi connectivity index (χ3n) is 4.44. The number of rotatable bonds is 3. The maximum atomic E-state index is 6.59. The predicted octanol–water partition coefficient (Wildman–Crippen LogP) is 5.14. The summed E-state index contributed by atoms with van der Waals surface area (Å²) in [7, 11) is -1.65. The van der Waals surface area contributed by atoms with Crippen LogP contribution in [0.25, 0.3) is 0 Å². The van der Waals surface area contributed by atoms with Gasteiger partial charge in [0.05, 0.1) is 5.60 Å². The van der Waals surface area contributed by atoms with E-state index in [0.717, 1.165) is 6.42 Å². The van der Waals surface area contributed by atoms with E-state index < -0.39 is 8.32 Å². The Labute approximate surface area is 109 Å². The fourth-order valence-electron chi connectivity index (χ4n) is 2.20. The highest BCUT2D eigenvalue weighted by molar-refractivity contribution is 6.74. The van der Waals surface area contributed by atoms with Crippen LogP contribution >= 0.6 is 0 Å². The maximum absolute atomic E-state index is 6.59. The molecule has 0 heterocycles. The summed E-state index contributed by atoms with van der Waals surface area (Å²) >= 11 is 0. The van der Waals surface area contributed by atoms with Gasteiger partial charge < -0.3 is 4.43 Å². The summed E-state index contributed by atoms with van der Waals surface area (Å²) < 4.78 is 6.59. The van der Waals surface area contributed by atoms with Gasteiger partial charge in [-0.1, -0.05) is 46.3 Å². The highest BCUT2D eigenvalue weighted by Gasteiger charge is 2.43. The number of hydrogen-bond donors (Lipinski definition) is 0. The SMILES string of the molecule is CC(C)C1=C[C@@](C)(O[Si](C)(C)C(C)(C)C)CC1. The second-order valence-corrected chi connectivity index (χ2v) is 12.3. The molecule has 0 aromatic carbocycles. The summed E-state index contributed by atoms with van der Waals surface area (Å²) in [5.41, 5.74) is 1.56. The van der Waals surface area contributed by atoms with Crippen molar-refractivity contribution in [3.63, 3.8) is 0 Å². The standard InChI is InChI=1S/C15H30OSi/c1-12(2)13-9-10-15(6,11-13)16-17(7,8)14(3,4)5/h11-12H,9-10H2,1-8H3/t15-/m0/s1. The molecule has 0 N–H and O–H groups in total. The zero-order valence-corrected chi connectivity index (χ0v) is 14.0. The molecule has 0 spiro atoms. The second kappa shape index (κ2) is 4.54. The van der Waals surface area contributed by atoms with Crippen molar-refractivity contribution in [1.82, 2.24) is 0 Å². The minimum Gasteiger partial charge on any atom is -0.408 e. The Morgan fingerprint density at radius 3 is 2.18 bits per heavy atom. The molecule has 17 heavy (non-hydrogen) atoms. The van der Waals surface area contributed by atoms with Crippen LogP contribution in [0.4, 0.5) is 0 Å². The van der Waals surface area contributed by atoms with Crippen molar-refractivity contribution in [3.05, 3.63) is 11.6 Å². The zero-order chi connectivity index (χ0) is 13.5. The molecule has 0 bridgehead atoms. The van der Waals surface area contributed by atoms with Crippen LogP contribution in [0.5, 0.6) is 0 Å². The molecule has 0 saturated heterocycles. The Bertz CT molecular complexity index is 309. The van der Waals surface area contributed by atoms with Gasteiger partial charge in [-0.15, -0.1) is 0 Å². The Hall–Kier alpha value is -0.0831. The molecule has 0 saturated carbocycles. The Morgan fingerprint density at radius 1 is 1.29 bits per heavy atom. The van der Waals surface area contributed by atoms with Gasteiger partial charge >= 0.3 is 0 Å². The third kappa shape index (κ3) is 3.44. The van der Waals surface area contributed by atoms with Crippen LogP contribution in [0.1, 0.15) is 54.4 Å². The molecule has 2 heteroatoms. The first-order valence-electron chi connectivity index (χ1n) is 6.89. The van der Waals surface area contributed by atoms with Crippen LogP contribution in [-0.2, 0) is 4.43 Å². The molecule has 1 nitrogen and oxygen atoms in total. The van der Waals surface area contributed by atoms with Gasteiger partial charge in [-0.25, -0.2) is 0 Å². The quantitative estimate of drug-likeness (QED) is 0.500. The molecular weight excluding hydrogens is 224 g/mol. The lowest BCUT2D eigenvalue weighted by atomic mass is 10.0. The number of hydrogen-bond acceptors (Lipinski definition) is 1. The lowest BCUT2D eigenvalue weighted by Gasteiger charge is -2.42. The van der Waals surface area contributed by atoms with Crippen LogP contribution in [-0.4, -0.2) is 13.9 Å². The fraction of sp³-hybridized carbons (Fsp3) is 0.867. The van der Waals surface area contributed by atoms with E-state index in [4.69, 9.17) is 4.43 Å². The zero-order valence-electron chi connectivity index (χ0n) is 13.0. The molecule has 1 aliphatic rings. The largest absolute Gasteiger partial charge is 0.408 e. The van der Waals surface area contributed by atoms with E-state index in [0.29, 0.717) is 11.0 Å². The van der Waals surface area contributed by atoms with Crippen LogP contribution in [0.2, 0.25) is 18.1 Å². The first kappa shape index (κ1) is 15.0. The third-order valence-corrected chi connectivity index (χ3v) is 9.03. The lowest BCUT2D eigenvalue weighted by molar-refractivity contribution is 0.121. The second-order valence-electron chi connectivity index (χ2n) is 7.55. The monoisotopic (exact) mass is 254 g/mol. The molecule has 0 aliphatic heterocycles. The minimum absolute atomic E-state index is 0.0113. The summed E-state index contributed by atoms with van der Waals surface area (Å²) in [5, 5.41) is 0.296. The van der Waals surface area contributed by atoms with Crippen LogP contribution in [0.3, 0.4) is 0 Å². The first-order chi connectivity index (χ1) is 7.47. The molecule has 100 valence electrons. The van der Waals surface area contributed by atoms with Gasteiger partial charge in [0.2, 0.25) is 0 Å². The van der Waals surface area contributed by atoms with Crippen molar-refractivity contribution < 1.29 is 4.43 Å². The van der Waals surface area contributed by atoms with Crippen molar-refractivity contribution in [3.8, 4) is 0 Å². The van der Waals surface area contributed by atoms with Crippen molar-refractivity contribution in [2.24, 2.45) is 5.92 Å². The summed E-state index contributed by atoms with van der Waals surface area (Å²) in [6, 6.07) is 0. The van der Waals surface area contributed by atoms with E-state index in [-0.39, 0.29) is 5.60 Å². The predicted molar refractivity (Wildman–Crippen MR) is 78.8 cm³/mol. The van der Waals surface area contributed by atoms with Gasteiger partial charge in [0.1, 0.15) is 0 Å². The Balaban J connectivity index is 2.83. The van der Waals surface area contributed by atoms with Gasteiger partial charge in [-0.2, -0.15) is 0 Å². The average Bonchev–Trinajstić information content (AvgIpc) is 2.44. The number of allylic oxidation sites excluding steroid dienone is 1. The molecular formula is C15H30OSi. The topological polar surface area (TPSA) is 9.23 Å². The fourth-order valence-corrected chi connectivity index (χ4v) is 3.83. The van der Waals surface area contributed by atoms with Crippen molar-refractivity contribution >= 4 is 8.32 Å². The lowest BCUT2D eigenvalue weighted by Crippen LogP contribution is -2.47. The first-order valence-corrected chi connectivity index (χ1v) is 9.79. The van der Waals surface area contributed by atoms with E-state index in [1.54, 1.807) is 5.57 Å². The Kier molecular flexibility index (Phi) is 4.00. The van der Waals surface area contributed by atoms with Gasteiger partial charge in [-0.05, 0) is 43.8 Å². The molecule has 1 aliphatic carbocycles. The molecule has 0 aromatic heterocycles. The summed E-state index contributed by atoms with van der Waals surface area (Å²) in [5.74, 6) is 0.667. The van der Waals surface area contributed by atoms with Crippen molar-refractivity contribution in [2.75, 3.05) is 0 Å². The molecule has 0 amide bonds.